The van der Waals surface area contributed by atoms with Gasteiger partial charge < -0.3 is 11.1 Å². The van der Waals surface area contributed by atoms with E-state index in [0.717, 1.165) is 29.3 Å². The van der Waals surface area contributed by atoms with Crippen LogP contribution in [0.25, 0.3) is 0 Å². The predicted molar refractivity (Wildman–Crippen MR) is 81.3 cm³/mol. The smallest absolute Gasteiger partial charge is 0.251 e. The lowest BCUT2D eigenvalue weighted by Crippen LogP contribution is -2.41. The summed E-state index contributed by atoms with van der Waals surface area (Å²) >= 11 is 3.39. The summed E-state index contributed by atoms with van der Waals surface area (Å²) in [6.45, 7) is 1.95. The van der Waals surface area contributed by atoms with E-state index in [1.165, 1.54) is 0 Å². The molecular weight excluding hydrogens is 320 g/mol. The first-order valence-electron chi connectivity index (χ1n) is 6.83. The Morgan fingerprint density at radius 3 is 2.70 bits per heavy atom. The molecule has 1 fully saturated rings. The van der Waals surface area contributed by atoms with Crippen LogP contribution in [0.1, 0.15) is 41.6 Å². The highest BCUT2D eigenvalue weighted by atomic mass is 79.9. The Morgan fingerprint density at radius 1 is 1.30 bits per heavy atom. The van der Waals surface area contributed by atoms with Crippen molar-refractivity contribution >= 4 is 27.7 Å². The summed E-state index contributed by atoms with van der Waals surface area (Å²) in [6.07, 6.45) is 3.31. The number of halogens is 1. The highest BCUT2D eigenvalue weighted by Gasteiger charge is 2.26. The molecule has 1 aromatic carbocycles. The molecule has 0 bridgehead atoms. The van der Waals surface area contributed by atoms with Crippen LogP contribution in [0.5, 0.6) is 0 Å². The van der Waals surface area contributed by atoms with Crippen LogP contribution in [0.15, 0.2) is 22.7 Å². The van der Waals surface area contributed by atoms with Crippen molar-refractivity contribution in [3.05, 3.63) is 33.8 Å². The maximum Gasteiger partial charge on any atom is 0.251 e. The van der Waals surface area contributed by atoms with Gasteiger partial charge in [0, 0.05) is 22.0 Å². The molecule has 0 saturated heterocycles. The first-order valence-corrected chi connectivity index (χ1v) is 7.62. The van der Waals surface area contributed by atoms with E-state index in [9.17, 15) is 9.59 Å². The number of nitrogens with one attached hydrogen (secondary N) is 1. The van der Waals surface area contributed by atoms with Gasteiger partial charge in [0.2, 0.25) is 5.91 Å². The molecule has 108 valence electrons. The molecule has 20 heavy (non-hydrogen) atoms. The number of primary amides is 1. The molecule has 0 heterocycles. The highest BCUT2D eigenvalue weighted by molar-refractivity contribution is 9.10. The van der Waals surface area contributed by atoms with Gasteiger partial charge in [0.05, 0.1) is 0 Å². The van der Waals surface area contributed by atoms with Crippen LogP contribution in [0.4, 0.5) is 0 Å². The summed E-state index contributed by atoms with van der Waals surface area (Å²) in [5.74, 6) is -0.468. The largest absolute Gasteiger partial charge is 0.369 e. The molecule has 1 aromatic rings. The van der Waals surface area contributed by atoms with Gasteiger partial charge in [-0.2, -0.15) is 0 Å². The lowest BCUT2D eigenvalue weighted by atomic mass is 9.85. The van der Waals surface area contributed by atoms with Crippen molar-refractivity contribution in [2.24, 2.45) is 11.7 Å². The van der Waals surface area contributed by atoms with Crippen LogP contribution in [-0.2, 0) is 4.79 Å². The number of carbonyl (C=O) groups excluding carboxylic acids is 2. The van der Waals surface area contributed by atoms with E-state index in [1.54, 1.807) is 6.07 Å². The molecule has 0 radical (unpaired) electrons. The average molecular weight is 339 g/mol. The molecule has 1 aliphatic rings. The molecule has 0 spiro atoms. The van der Waals surface area contributed by atoms with Crippen LogP contribution in [-0.4, -0.2) is 17.9 Å². The number of hydrogen-bond donors (Lipinski definition) is 2. The van der Waals surface area contributed by atoms with Gasteiger partial charge in [-0.05, 0) is 49.9 Å². The summed E-state index contributed by atoms with van der Waals surface area (Å²) in [4.78, 5) is 23.5. The molecule has 2 rings (SSSR count). The Labute approximate surface area is 127 Å². The molecule has 2 atom stereocenters. The van der Waals surface area contributed by atoms with E-state index in [4.69, 9.17) is 5.73 Å². The molecule has 0 aromatic heterocycles. The Morgan fingerprint density at radius 2 is 2.05 bits per heavy atom. The topological polar surface area (TPSA) is 72.2 Å². The molecule has 1 saturated carbocycles. The fourth-order valence-electron chi connectivity index (χ4n) is 2.72. The molecular formula is C15H19BrN2O2. The number of aryl methyl sites for hydroxylation is 1. The third kappa shape index (κ3) is 3.82. The van der Waals surface area contributed by atoms with E-state index in [2.05, 4.69) is 21.2 Å². The summed E-state index contributed by atoms with van der Waals surface area (Å²) in [5, 5.41) is 3.01. The van der Waals surface area contributed by atoms with Crippen molar-refractivity contribution in [2.75, 3.05) is 0 Å². The third-order valence-corrected chi connectivity index (χ3v) is 4.17. The monoisotopic (exact) mass is 338 g/mol. The number of carbonyl (C=O) groups is 2. The van der Waals surface area contributed by atoms with Crippen LogP contribution in [0.2, 0.25) is 0 Å². The zero-order valence-corrected chi connectivity index (χ0v) is 13.1. The van der Waals surface area contributed by atoms with E-state index >= 15 is 0 Å². The second-order valence-corrected chi connectivity index (χ2v) is 6.37. The predicted octanol–water partition coefficient (Wildman–Crippen LogP) is 2.53. The normalized spacial score (nSPS) is 22.3. The molecule has 5 heteroatoms. The zero-order chi connectivity index (χ0) is 14.7. The number of nitrogens with two attached hydrogens (primary N) is 1. The second kappa shape index (κ2) is 6.39. The van der Waals surface area contributed by atoms with Crippen molar-refractivity contribution in [3.8, 4) is 0 Å². The fraction of sp³-hybridized carbons (Fsp3) is 0.467. The molecule has 0 aliphatic heterocycles. The first-order chi connectivity index (χ1) is 9.45. The van der Waals surface area contributed by atoms with E-state index in [1.807, 2.05) is 19.1 Å². The minimum Gasteiger partial charge on any atom is -0.369 e. The highest BCUT2D eigenvalue weighted by Crippen LogP contribution is 2.24. The van der Waals surface area contributed by atoms with Gasteiger partial charge in [-0.3, -0.25) is 9.59 Å². The number of benzene rings is 1. The Bertz CT molecular complexity index is 510. The Hall–Kier alpha value is -1.36. The van der Waals surface area contributed by atoms with Crippen molar-refractivity contribution in [2.45, 2.75) is 38.6 Å². The average Bonchev–Trinajstić information content (AvgIpc) is 2.37. The van der Waals surface area contributed by atoms with Crippen molar-refractivity contribution in [1.82, 2.24) is 5.32 Å². The maximum atomic E-state index is 12.2. The summed E-state index contributed by atoms with van der Waals surface area (Å²) < 4.78 is 0.890. The van der Waals surface area contributed by atoms with Gasteiger partial charge in [0.25, 0.3) is 5.91 Å². The Balaban J connectivity index is 2.02. The van der Waals surface area contributed by atoms with Gasteiger partial charge in [-0.15, -0.1) is 0 Å². The molecule has 2 amide bonds. The number of amides is 2. The summed E-state index contributed by atoms with van der Waals surface area (Å²) in [7, 11) is 0. The standard InChI is InChI=1S/C15H19BrN2O2/c1-9-5-11(7-12(16)6-9)15(20)18-13-4-2-3-10(8-13)14(17)19/h5-7,10,13H,2-4,8H2,1H3,(H2,17,19)(H,18,20)/t10-,13+/m0/s1. The fourth-order valence-corrected chi connectivity index (χ4v) is 3.32. The third-order valence-electron chi connectivity index (χ3n) is 3.72. The molecule has 4 nitrogen and oxygen atoms in total. The number of hydrogen-bond acceptors (Lipinski definition) is 2. The van der Waals surface area contributed by atoms with Crippen molar-refractivity contribution in [1.29, 1.82) is 0 Å². The van der Waals surface area contributed by atoms with Crippen LogP contribution >= 0.6 is 15.9 Å². The zero-order valence-electron chi connectivity index (χ0n) is 11.5. The minimum atomic E-state index is -0.262. The van der Waals surface area contributed by atoms with Crippen LogP contribution < -0.4 is 11.1 Å². The van der Waals surface area contributed by atoms with Crippen molar-refractivity contribution in [3.63, 3.8) is 0 Å². The molecule has 3 N–H and O–H groups in total. The van der Waals surface area contributed by atoms with Crippen LogP contribution in [0.3, 0.4) is 0 Å². The quantitative estimate of drug-likeness (QED) is 0.888. The van der Waals surface area contributed by atoms with Gasteiger partial charge >= 0.3 is 0 Å². The summed E-state index contributed by atoms with van der Waals surface area (Å²) in [5.41, 5.74) is 7.02. The van der Waals surface area contributed by atoms with Gasteiger partial charge in [0.15, 0.2) is 0 Å². The Kier molecular flexibility index (Phi) is 4.81. The second-order valence-electron chi connectivity index (χ2n) is 5.45. The summed E-state index contributed by atoms with van der Waals surface area (Å²) in [6, 6.07) is 5.65. The van der Waals surface area contributed by atoms with Crippen LogP contribution in [0, 0.1) is 12.8 Å². The van der Waals surface area contributed by atoms with E-state index in [0.29, 0.717) is 12.0 Å². The maximum absolute atomic E-state index is 12.2. The SMILES string of the molecule is Cc1cc(Br)cc(C(=O)N[C@@H]2CCC[C@H](C(N)=O)C2)c1. The number of rotatable bonds is 3. The van der Waals surface area contributed by atoms with Crippen molar-refractivity contribution < 1.29 is 9.59 Å². The van der Waals surface area contributed by atoms with Gasteiger partial charge in [-0.1, -0.05) is 22.4 Å². The lowest BCUT2D eigenvalue weighted by Gasteiger charge is -2.28. The van der Waals surface area contributed by atoms with Gasteiger partial charge in [-0.25, -0.2) is 0 Å². The minimum absolute atomic E-state index is 0.0352. The molecule has 1 aliphatic carbocycles. The van der Waals surface area contributed by atoms with E-state index in [-0.39, 0.29) is 23.8 Å². The first kappa shape index (κ1) is 15.0. The molecule has 0 unspecified atom stereocenters. The van der Waals surface area contributed by atoms with E-state index < -0.39 is 0 Å². The van der Waals surface area contributed by atoms with Gasteiger partial charge in [0.1, 0.15) is 0 Å². The lowest BCUT2D eigenvalue weighted by molar-refractivity contribution is -0.122.